The van der Waals surface area contributed by atoms with Crippen molar-refractivity contribution in [3.8, 4) is 5.69 Å². The highest BCUT2D eigenvalue weighted by Gasteiger charge is 2.18. The Balaban J connectivity index is 2.57. The SMILES string of the molecule is COC(=O)Cc1c(C)nn(-c2c(C)cc(C)cc2C)c1C. The normalized spacial score (nSPS) is 10.8. The maximum absolute atomic E-state index is 11.6. The standard InChI is InChI=1S/C17H22N2O2/c1-10-7-11(2)17(12(3)8-10)19-14(5)15(13(4)18-19)9-16(20)21-6/h7-8H,9H2,1-6H3. The number of rotatable bonds is 3. The molecule has 2 rings (SSSR count). The van der Waals surface area contributed by atoms with Crippen LogP contribution in [-0.2, 0) is 16.0 Å². The van der Waals surface area contributed by atoms with Gasteiger partial charge >= 0.3 is 5.97 Å². The fourth-order valence-corrected chi connectivity index (χ4v) is 2.87. The zero-order valence-electron chi connectivity index (χ0n) is 13.6. The molecule has 0 aliphatic heterocycles. The molecule has 0 bridgehead atoms. The van der Waals surface area contributed by atoms with Gasteiger partial charge in [-0.25, -0.2) is 4.68 Å². The fourth-order valence-electron chi connectivity index (χ4n) is 2.87. The van der Waals surface area contributed by atoms with E-state index in [1.807, 2.05) is 18.5 Å². The lowest BCUT2D eigenvalue weighted by Crippen LogP contribution is -2.08. The van der Waals surface area contributed by atoms with Crippen molar-refractivity contribution in [1.82, 2.24) is 9.78 Å². The number of carbonyl (C=O) groups excluding carboxylic acids is 1. The van der Waals surface area contributed by atoms with Crippen molar-refractivity contribution in [3.63, 3.8) is 0 Å². The Labute approximate surface area is 125 Å². The predicted octanol–water partition coefficient (Wildman–Crippen LogP) is 3.13. The van der Waals surface area contributed by atoms with Gasteiger partial charge in [-0.3, -0.25) is 4.79 Å². The van der Waals surface area contributed by atoms with Gasteiger partial charge in [-0.1, -0.05) is 17.7 Å². The van der Waals surface area contributed by atoms with Gasteiger partial charge in [0.25, 0.3) is 0 Å². The van der Waals surface area contributed by atoms with Gasteiger partial charge < -0.3 is 4.74 Å². The number of ether oxygens (including phenoxy) is 1. The Bertz CT molecular complexity index is 676. The summed E-state index contributed by atoms with van der Waals surface area (Å²) < 4.78 is 6.71. The minimum absolute atomic E-state index is 0.238. The number of aromatic nitrogens is 2. The topological polar surface area (TPSA) is 44.1 Å². The van der Waals surface area contributed by atoms with Crippen LogP contribution in [0.15, 0.2) is 12.1 Å². The van der Waals surface area contributed by atoms with E-state index < -0.39 is 0 Å². The van der Waals surface area contributed by atoms with Crippen LogP contribution >= 0.6 is 0 Å². The Kier molecular flexibility index (Phi) is 4.16. The monoisotopic (exact) mass is 286 g/mol. The zero-order chi connectivity index (χ0) is 15.7. The van der Waals surface area contributed by atoms with Crippen LogP contribution < -0.4 is 0 Å². The van der Waals surface area contributed by atoms with E-state index in [-0.39, 0.29) is 12.4 Å². The first-order valence-corrected chi connectivity index (χ1v) is 7.05. The highest BCUT2D eigenvalue weighted by molar-refractivity contribution is 5.73. The van der Waals surface area contributed by atoms with Crippen LogP contribution in [0, 0.1) is 34.6 Å². The van der Waals surface area contributed by atoms with Crippen LogP contribution in [0.3, 0.4) is 0 Å². The van der Waals surface area contributed by atoms with Crippen LogP contribution in [0.5, 0.6) is 0 Å². The van der Waals surface area contributed by atoms with E-state index in [1.165, 1.54) is 23.8 Å². The van der Waals surface area contributed by atoms with Crippen LogP contribution in [0.4, 0.5) is 0 Å². The molecular weight excluding hydrogens is 264 g/mol. The van der Waals surface area contributed by atoms with Crippen molar-refractivity contribution < 1.29 is 9.53 Å². The summed E-state index contributed by atoms with van der Waals surface area (Å²) in [5.74, 6) is -0.238. The first-order valence-electron chi connectivity index (χ1n) is 7.05. The summed E-state index contributed by atoms with van der Waals surface area (Å²) >= 11 is 0. The first kappa shape index (κ1) is 15.3. The first-order chi connectivity index (χ1) is 9.85. The molecule has 1 aromatic carbocycles. The molecule has 0 radical (unpaired) electrons. The number of carbonyl (C=O) groups is 1. The maximum atomic E-state index is 11.6. The molecule has 0 aliphatic carbocycles. The summed E-state index contributed by atoms with van der Waals surface area (Å²) in [6, 6.07) is 4.30. The van der Waals surface area contributed by atoms with Crippen molar-refractivity contribution >= 4 is 5.97 Å². The Morgan fingerprint density at radius 1 is 1.14 bits per heavy atom. The number of methoxy groups -OCH3 is 1. The highest BCUT2D eigenvalue weighted by Crippen LogP contribution is 2.25. The average Bonchev–Trinajstić information content (AvgIpc) is 2.65. The molecule has 1 aromatic heterocycles. The van der Waals surface area contributed by atoms with Crippen molar-refractivity contribution in [2.45, 2.75) is 41.0 Å². The van der Waals surface area contributed by atoms with Crippen molar-refractivity contribution in [3.05, 3.63) is 45.8 Å². The van der Waals surface area contributed by atoms with E-state index >= 15 is 0 Å². The predicted molar refractivity (Wildman–Crippen MR) is 83.0 cm³/mol. The quantitative estimate of drug-likeness (QED) is 0.814. The maximum Gasteiger partial charge on any atom is 0.310 e. The van der Waals surface area contributed by atoms with Crippen LogP contribution in [0.2, 0.25) is 0 Å². The molecular formula is C17H22N2O2. The van der Waals surface area contributed by atoms with Gasteiger partial charge in [0.1, 0.15) is 0 Å². The van der Waals surface area contributed by atoms with Gasteiger partial charge in [-0.15, -0.1) is 0 Å². The number of hydrogen-bond donors (Lipinski definition) is 0. The third kappa shape index (κ3) is 2.84. The molecule has 21 heavy (non-hydrogen) atoms. The Morgan fingerprint density at radius 3 is 2.24 bits per heavy atom. The fraction of sp³-hybridized carbons (Fsp3) is 0.412. The van der Waals surface area contributed by atoms with E-state index in [4.69, 9.17) is 4.74 Å². The zero-order valence-corrected chi connectivity index (χ0v) is 13.6. The molecule has 0 atom stereocenters. The molecule has 0 saturated carbocycles. The summed E-state index contributed by atoms with van der Waals surface area (Å²) in [6.45, 7) is 10.2. The number of esters is 1. The minimum atomic E-state index is -0.238. The number of aryl methyl sites for hydroxylation is 4. The second-order valence-corrected chi connectivity index (χ2v) is 5.56. The van der Waals surface area contributed by atoms with Crippen LogP contribution in [0.1, 0.15) is 33.6 Å². The summed E-state index contributed by atoms with van der Waals surface area (Å²) in [4.78, 5) is 11.6. The molecule has 0 aliphatic rings. The lowest BCUT2D eigenvalue weighted by molar-refractivity contribution is -0.139. The van der Waals surface area contributed by atoms with Crippen molar-refractivity contribution in [2.24, 2.45) is 0 Å². The van der Waals surface area contributed by atoms with E-state index in [0.717, 1.165) is 22.6 Å². The van der Waals surface area contributed by atoms with E-state index in [2.05, 4.69) is 38.0 Å². The summed E-state index contributed by atoms with van der Waals surface area (Å²) in [5.41, 5.74) is 7.51. The Hall–Kier alpha value is -2.10. The third-order valence-electron chi connectivity index (χ3n) is 3.84. The highest BCUT2D eigenvalue weighted by atomic mass is 16.5. The molecule has 112 valence electrons. The molecule has 0 N–H and O–H groups in total. The van der Waals surface area contributed by atoms with Crippen LogP contribution in [-0.4, -0.2) is 22.9 Å². The smallest absolute Gasteiger partial charge is 0.310 e. The van der Waals surface area contributed by atoms with E-state index in [1.54, 1.807) is 0 Å². The molecule has 0 fully saturated rings. The number of benzene rings is 1. The van der Waals surface area contributed by atoms with Crippen molar-refractivity contribution in [2.75, 3.05) is 7.11 Å². The minimum Gasteiger partial charge on any atom is -0.469 e. The van der Waals surface area contributed by atoms with E-state index in [9.17, 15) is 4.79 Å². The molecule has 4 heteroatoms. The second kappa shape index (κ2) is 5.72. The van der Waals surface area contributed by atoms with Crippen molar-refractivity contribution in [1.29, 1.82) is 0 Å². The van der Waals surface area contributed by atoms with Gasteiger partial charge in [0, 0.05) is 11.3 Å². The third-order valence-corrected chi connectivity index (χ3v) is 3.84. The molecule has 0 amide bonds. The molecule has 1 heterocycles. The summed E-state index contributed by atoms with van der Waals surface area (Å²) in [5, 5.41) is 4.63. The molecule has 2 aromatic rings. The second-order valence-electron chi connectivity index (χ2n) is 5.56. The largest absolute Gasteiger partial charge is 0.469 e. The lowest BCUT2D eigenvalue weighted by atomic mass is 10.0. The average molecular weight is 286 g/mol. The molecule has 0 saturated heterocycles. The molecule has 4 nitrogen and oxygen atoms in total. The number of nitrogens with zero attached hydrogens (tertiary/aromatic N) is 2. The van der Waals surface area contributed by atoms with E-state index in [0.29, 0.717) is 0 Å². The van der Waals surface area contributed by atoms with Gasteiger partial charge in [-0.2, -0.15) is 5.10 Å². The molecule has 0 spiro atoms. The van der Waals surface area contributed by atoms with Gasteiger partial charge in [-0.05, 0) is 45.7 Å². The summed E-state index contributed by atoms with van der Waals surface area (Å²) in [6.07, 6.45) is 0.262. The Morgan fingerprint density at radius 2 is 1.71 bits per heavy atom. The van der Waals surface area contributed by atoms with Gasteiger partial charge in [0.15, 0.2) is 0 Å². The van der Waals surface area contributed by atoms with Gasteiger partial charge in [0.05, 0.1) is 24.9 Å². The van der Waals surface area contributed by atoms with Gasteiger partial charge in [0.2, 0.25) is 0 Å². The van der Waals surface area contributed by atoms with Crippen LogP contribution in [0.25, 0.3) is 5.69 Å². The summed E-state index contributed by atoms with van der Waals surface area (Å²) in [7, 11) is 1.41. The number of hydrogen-bond acceptors (Lipinski definition) is 3. The lowest BCUT2D eigenvalue weighted by Gasteiger charge is -2.13. The molecule has 0 unspecified atom stereocenters.